The fourth-order valence-corrected chi connectivity index (χ4v) is 3.51. The fourth-order valence-electron chi connectivity index (χ4n) is 2.66. The molecule has 0 aliphatic carbocycles. The molecule has 0 fully saturated rings. The zero-order chi connectivity index (χ0) is 19.8. The molecule has 0 saturated carbocycles. The summed E-state index contributed by atoms with van der Waals surface area (Å²) in [5, 5.41) is 13.8. The highest BCUT2D eigenvalue weighted by molar-refractivity contribution is 7.52. The van der Waals surface area contributed by atoms with Crippen molar-refractivity contribution in [3.8, 4) is 0 Å². The quantitative estimate of drug-likeness (QED) is 0.149. The zero-order valence-corrected chi connectivity index (χ0v) is 14.4. The van der Waals surface area contributed by atoms with Crippen LogP contribution in [-0.2, 0) is 11.1 Å². The number of benzene rings is 1. The van der Waals surface area contributed by atoms with Gasteiger partial charge in [0.15, 0.2) is 5.78 Å². The summed E-state index contributed by atoms with van der Waals surface area (Å²) in [5.41, 5.74) is -1.73. The topological polar surface area (TPSA) is 194 Å². The van der Waals surface area contributed by atoms with Crippen LogP contribution in [0.3, 0.4) is 0 Å². The first-order chi connectivity index (χ1) is 12.7. The molecule has 6 N–H and O–H groups in total. The minimum atomic E-state index is -4.62. The molecule has 0 saturated heterocycles. The van der Waals surface area contributed by atoms with E-state index in [9.17, 15) is 34.1 Å². The van der Waals surface area contributed by atoms with Crippen molar-refractivity contribution in [2.45, 2.75) is 12.3 Å². The van der Waals surface area contributed by atoms with Gasteiger partial charge in [0.05, 0.1) is 16.0 Å². The summed E-state index contributed by atoms with van der Waals surface area (Å²) in [7, 11) is -4.62. The molecule has 0 bridgehead atoms. The molecule has 0 spiro atoms. The third kappa shape index (κ3) is 3.88. The van der Waals surface area contributed by atoms with E-state index in [1.807, 2.05) is 0 Å². The van der Waals surface area contributed by atoms with Gasteiger partial charge in [0.2, 0.25) is 0 Å². The molecule has 0 aliphatic rings. The lowest BCUT2D eigenvalue weighted by Gasteiger charge is -2.19. The molecule has 0 aliphatic heterocycles. The van der Waals surface area contributed by atoms with Crippen molar-refractivity contribution in [1.82, 2.24) is 20.3 Å². The highest BCUT2D eigenvalue weighted by atomic mass is 31.2. The molecule has 2 heterocycles. The van der Waals surface area contributed by atoms with E-state index in [0.717, 1.165) is 12.1 Å². The molecule has 3 rings (SSSR count). The van der Waals surface area contributed by atoms with Gasteiger partial charge in [0, 0.05) is 30.6 Å². The predicted octanol–water partition coefficient (Wildman–Crippen LogP) is 0.419. The highest BCUT2D eigenvalue weighted by Gasteiger charge is 2.31. The predicted molar refractivity (Wildman–Crippen MR) is 94.3 cm³/mol. The number of nitrogens with one attached hydrogen (secondary N) is 4. The Morgan fingerprint density at radius 3 is 2.52 bits per heavy atom. The number of fused-ring (bicyclic) bond motifs is 1. The van der Waals surface area contributed by atoms with Crippen molar-refractivity contribution >= 4 is 24.3 Å². The number of H-pyrrole nitrogens is 3. The summed E-state index contributed by atoms with van der Waals surface area (Å²) in [6, 6.07) is 5.27. The number of aromatic amines is 3. The number of nitro groups is 1. The van der Waals surface area contributed by atoms with E-state index in [1.165, 1.54) is 12.3 Å². The van der Waals surface area contributed by atoms with Gasteiger partial charge < -0.3 is 24.7 Å². The van der Waals surface area contributed by atoms with Gasteiger partial charge in [-0.3, -0.25) is 29.6 Å². The minimum Gasteiger partial charge on any atom is -0.363 e. The molecule has 3 aromatic rings. The number of nitrogens with zero attached hydrogens (tertiary/aromatic N) is 1. The number of nitro benzene ring substituents is 1. The molecule has 1 atom stereocenters. The summed E-state index contributed by atoms with van der Waals surface area (Å²) < 4.78 is 11.8. The Balaban J connectivity index is 2.06. The van der Waals surface area contributed by atoms with Crippen molar-refractivity contribution < 1.29 is 19.3 Å². The monoisotopic (exact) mass is 395 g/mol. The molecule has 0 radical (unpaired) electrons. The lowest BCUT2D eigenvalue weighted by molar-refractivity contribution is -0.384. The van der Waals surface area contributed by atoms with E-state index < -0.39 is 29.4 Å². The average Bonchev–Trinajstić information content (AvgIpc) is 3.09. The first kappa shape index (κ1) is 18.7. The molecule has 142 valence electrons. The molecule has 0 amide bonds. The number of hydrogen-bond acceptors (Lipinski definition) is 6. The van der Waals surface area contributed by atoms with Crippen LogP contribution >= 0.6 is 7.60 Å². The number of aromatic nitrogens is 3. The molecule has 1 aromatic carbocycles. The van der Waals surface area contributed by atoms with Crippen LogP contribution in [0.25, 0.3) is 11.0 Å². The van der Waals surface area contributed by atoms with E-state index in [2.05, 4.69) is 20.3 Å². The van der Waals surface area contributed by atoms with Crippen LogP contribution in [0.1, 0.15) is 17.0 Å². The van der Waals surface area contributed by atoms with Gasteiger partial charge in [-0.05, 0) is 17.7 Å². The lowest BCUT2D eigenvalue weighted by Crippen LogP contribution is -2.30. The van der Waals surface area contributed by atoms with Gasteiger partial charge in [-0.25, -0.2) is 0 Å². The van der Waals surface area contributed by atoms with Gasteiger partial charge in [0.25, 0.3) is 5.69 Å². The fraction of sp³-hybridized carbons (Fsp3) is 0.143. The van der Waals surface area contributed by atoms with Crippen molar-refractivity contribution in [2.75, 3.05) is 0 Å². The molecular formula is C14H14N5O7P. The first-order valence-corrected chi connectivity index (χ1v) is 9.20. The summed E-state index contributed by atoms with van der Waals surface area (Å²) in [4.78, 5) is 60.0. The summed E-state index contributed by atoms with van der Waals surface area (Å²) in [6.07, 6.45) is 1.49. The van der Waals surface area contributed by atoms with E-state index in [-0.39, 0.29) is 34.5 Å². The summed E-state index contributed by atoms with van der Waals surface area (Å²) in [5.74, 6) is -1.39. The SMILES string of the molecule is O=c1[nH]c2cc([N+](=O)[O-])cc(CNC(c3ccc[nH]3)P(=O)(O)O)c2[nH]c1=O. The van der Waals surface area contributed by atoms with E-state index in [0.29, 0.717) is 0 Å². The molecular weight excluding hydrogens is 381 g/mol. The Morgan fingerprint density at radius 2 is 1.93 bits per heavy atom. The maximum Gasteiger partial charge on any atom is 0.348 e. The molecule has 1 unspecified atom stereocenters. The number of non-ortho nitro benzene ring substituents is 1. The average molecular weight is 395 g/mol. The van der Waals surface area contributed by atoms with Gasteiger partial charge in [-0.15, -0.1) is 0 Å². The Labute approximate surface area is 149 Å². The van der Waals surface area contributed by atoms with E-state index in [4.69, 9.17) is 0 Å². The lowest BCUT2D eigenvalue weighted by atomic mass is 10.1. The smallest absolute Gasteiger partial charge is 0.348 e. The third-order valence-corrected chi connectivity index (χ3v) is 4.98. The van der Waals surface area contributed by atoms with Gasteiger partial charge in [-0.2, -0.15) is 0 Å². The van der Waals surface area contributed by atoms with Crippen LogP contribution in [-0.4, -0.2) is 29.7 Å². The van der Waals surface area contributed by atoms with Gasteiger partial charge >= 0.3 is 18.7 Å². The largest absolute Gasteiger partial charge is 0.363 e. The maximum atomic E-state index is 11.8. The second kappa shape index (κ2) is 6.93. The second-order valence-electron chi connectivity index (χ2n) is 5.69. The van der Waals surface area contributed by atoms with E-state index in [1.54, 1.807) is 6.07 Å². The van der Waals surface area contributed by atoms with Crippen LogP contribution in [0.2, 0.25) is 0 Å². The van der Waals surface area contributed by atoms with Gasteiger partial charge in [0.1, 0.15) is 0 Å². The summed E-state index contributed by atoms with van der Waals surface area (Å²) >= 11 is 0. The molecule has 13 heteroatoms. The molecule has 12 nitrogen and oxygen atoms in total. The van der Waals surface area contributed by atoms with Crippen LogP contribution in [0.15, 0.2) is 40.1 Å². The normalized spacial score (nSPS) is 13.0. The Morgan fingerprint density at radius 1 is 1.22 bits per heavy atom. The van der Waals surface area contributed by atoms with Crippen LogP contribution < -0.4 is 16.4 Å². The molecule has 27 heavy (non-hydrogen) atoms. The standard InChI is InChI=1S/C14H14N5O7P/c20-12-13(21)18-11-7(4-8(19(22)23)5-10(11)17-12)6-16-14(27(24,25)26)9-2-1-3-15-9/h1-5,14-16H,6H2,(H,17,20)(H,18,21)(H2,24,25,26). The molecule has 2 aromatic heterocycles. The Hall–Kier alpha value is -3.05. The van der Waals surface area contributed by atoms with Crippen molar-refractivity contribution in [3.63, 3.8) is 0 Å². The first-order valence-electron chi connectivity index (χ1n) is 7.52. The van der Waals surface area contributed by atoms with Crippen LogP contribution in [0, 0.1) is 10.1 Å². The van der Waals surface area contributed by atoms with E-state index >= 15 is 0 Å². The third-order valence-electron chi connectivity index (χ3n) is 3.85. The van der Waals surface area contributed by atoms with Crippen molar-refractivity contribution in [3.05, 3.63) is 72.5 Å². The number of rotatable bonds is 6. The Bertz CT molecular complexity index is 1160. The van der Waals surface area contributed by atoms with Crippen LogP contribution in [0.4, 0.5) is 5.69 Å². The second-order valence-corrected chi connectivity index (χ2v) is 7.39. The zero-order valence-electron chi connectivity index (χ0n) is 13.5. The summed E-state index contributed by atoms with van der Waals surface area (Å²) in [6.45, 7) is -0.227. The van der Waals surface area contributed by atoms with Crippen molar-refractivity contribution in [2.24, 2.45) is 0 Å². The Kier molecular flexibility index (Phi) is 4.81. The number of hydrogen-bond donors (Lipinski definition) is 6. The van der Waals surface area contributed by atoms with Gasteiger partial charge in [-0.1, -0.05) is 0 Å². The van der Waals surface area contributed by atoms with Crippen molar-refractivity contribution in [1.29, 1.82) is 0 Å². The minimum absolute atomic E-state index is 0.0261. The maximum absolute atomic E-state index is 11.8. The van der Waals surface area contributed by atoms with Crippen LogP contribution in [0.5, 0.6) is 0 Å². The highest BCUT2D eigenvalue weighted by Crippen LogP contribution is 2.49.